The molecule has 2 aromatic carbocycles. The molecule has 2 N–H and O–H groups in total. The Morgan fingerprint density at radius 2 is 1.97 bits per heavy atom. The Bertz CT molecular complexity index is 1240. The molecular formula is C32H38N2O3. The second kappa shape index (κ2) is 10.8. The number of amides is 1. The van der Waals surface area contributed by atoms with Crippen LogP contribution in [0.1, 0.15) is 71.8 Å². The SMILES string of the molecule is CCOC[C@@]1(O)CC[C@@]2(Cc3ccccc3)c3ccc(C(=O)Nc4cccnc4C)cc3CCC[C@H]2C1. The average molecular weight is 499 g/mol. The van der Waals surface area contributed by atoms with Crippen molar-refractivity contribution < 1.29 is 14.6 Å². The number of hydrogen-bond donors (Lipinski definition) is 2. The number of anilines is 1. The molecule has 2 aliphatic rings. The molecule has 3 aromatic rings. The summed E-state index contributed by atoms with van der Waals surface area (Å²) in [5, 5.41) is 14.5. The molecule has 0 radical (unpaired) electrons. The van der Waals surface area contributed by atoms with E-state index in [0.717, 1.165) is 56.3 Å². The Morgan fingerprint density at radius 1 is 1.14 bits per heavy atom. The Morgan fingerprint density at radius 3 is 2.76 bits per heavy atom. The highest BCUT2D eigenvalue weighted by molar-refractivity contribution is 6.04. The number of carbonyl (C=O) groups excluding carboxylic acids is 1. The number of aromatic nitrogens is 1. The van der Waals surface area contributed by atoms with Gasteiger partial charge in [0, 0.05) is 23.8 Å². The van der Waals surface area contributed by atoms with E-state index in [2.05, 4.69) is 52.8 Å². The number of hydrogen-bond acceptors (Lipinski definition) is 4. The summed E-state index contributed by atoms with van der Waals surface area (Å²) in [5.41, 5.74) is 5.33. The number of pyridine rings is 1. The molecule has 194 valence electrons. The van der Waals surface area contributed by atoms with Gasteiger partial charge < -0.3 is 15.2 Å². The van der Waals surface area contributed by atoms with Crippen LogP contribution in [0.25, 0.3) is 0 Å². The number of aryl methyl sites for hydroxylation is 2. The van der Waals surface area contributed by atoms with Crippen molar-refractivity contribution in [2.75, 3.05) is 18.5 Å². The van der Waals surface area contributed by atoms with Crippen molar-refractivity contribution in [3.05, 3.63) is 94.8 Å². The van der Waals surface area contributed by atoms with Crippen LogP contribution in [-0.4, -0.2) is 34.8 Å². The predicted molar refractivity (Wildman–Crippen MR) is 147 cm³/mol. The first-order valence-corrected chi connectivity index (χ1v) is 13.6. The molecule has 0 spiro atoms. The predicted octanol–water partition coefficient (Wildman–Crippen LogP) is 6.03. The molecule has 0 saturated heterocycles. The second-order valence-electron chi connectivity index (χ2n) is 10.9. The smallest absolute Gasteiger partial charge is 0.255 e. The van der Waals surface area contributed by atoms with Crippen LogP contribution in [0.4, 0.5) is 5.69 Å². The van der Waals surface area contributed by atoms with Crippen LogP contribution >= 0.6 is 0 Å². The van der Waals surface area contributed by atoms with Gasteiger partial charge in [0.05, 0.1) is 23.6 Å². The van der Waals surface area contributed by atoms with E-state index in [1.54, 1.807) is 6.20 Å². The molecule has 3 atom stereocenters. The third-order valence-corrected chi connectivity index (χ3v) is 8.54. The third kappa shape index (κ3) is 5.34. The number of benzene rings is 2. The molecule has 2 aliphatic carbocycles. The number of ether oxygens (including phenoxy) is 1. The van der Waals surface area contributed by atoms with Crippen molar-refractivity contribution >= 4 is 11.6 Å². The first-order chi connectivity index (χ1) is 17.9. The minimum absolute atomic E-state index is 0.0689. The molecule has 37 heavy (non-hydrogen) atoms. The fourth-order valence-electron chi connectivity index (χ4n) is 6.64. The van der Waals surface area contributed by atoms with Crippen molar-refractivity contribution in [2.24, 2.45) is 5.92 Å². The zero-order valence-corrected chi connectivity index (χ0v) is 22.0. The largest absolute Gasteiger partial charge is 0.387 e. The molecule has 0 bridgehead atoms. The van der Waals surface area contributed by atoms with E-state index in [1.807, 2.05) is 32.0 Å². The van der Waals surface area contributed by atoms with Crippen molar-refractivity contribution in [2.45, 2.75) is 69.8 Å². The second-order valence-corrected chi connectivity index (χ2v) is 10.9. The third-order valence-electron chi connectivity index (χ3n) is 8.54. The van der Waals surface area contributed by atoms with Crippen molar-refractivity contribution in [3.63, 3.8) is 0 Å². The number of nitrogens with zero attached hydrogens (tertiary/aromatic N) is 1. The Labute approximate surface area is 220 Å². The highest BCUT2D eigenvalue weighted by Gasteiger charge is 2.50. The maximum absolute atomic E-state index is 13.2. The lowest BCUT2D eigenvalue weighted by Gasteiger charge is -2.50. The fourth-order valence-corrected chi connectivity index (χ4v) is 6.64. The van der Waals surface area contributed by atoms with Crippen LogP contribution in [0, 0.1) is 12.8 Å². The minimum atomic E-state index is -0.771. The zero-order chi connectivity index (χ0) is 25.9. The molecule has 0 unspecified atom stereocenters. The fraction of sp³-hybridized carbons (Fsp3) is 0.438. The first-order valence-electron chi connectivity index (χ1n) is 13.6. The van der Waals surface area contributed by atoms with E-state index in [9.17, 15) is 9.90 Å². The zero-order valence-electron chi connectivity index (χ0n) is 22.0. The molecule has 5 rings (SSSR count). The van der Waals surface area contributed by atoms with E-state index >= 15 is 0 Å². The molecule has 1 aromatic heterocycles. The molecular weight excluding hydrogens is 460 g/mol. The Hall–Kier alpha value is -3.02. The van der Waals surface area contributed by atoms with Gasteiger partial charge in [-0.3, -0.25) is 9.78 Å². The van der Waals surface area contributed by atoms with E-state index in [4.69, 9.17) is 4.74 Å². The van der Waals surface area contributed by atoms with E-state index < -0.39 is 5.60 Å². The summed E-state index contributed by atoms with van der Waals surface area (Å²) in [7, 11) is 0. The van der Waals surface area contributed by atoms with Crippen LogP contribution in [0.15, 0.2) is 66.9 Å². The van der Waals surface area contributed by atoms with Crippen LogP contribution in [-0.2, 0) is 23.0 Å². The summed E-state index contributed by atoms with van der Waals surface area (Å²) in [4.78, 5) is 17.5. The number of aliphatic hydroxyl groups is 1. The molecule has 1 fully saturated rings. The minimum Gasteiger partial charge on any atom is -0.387 e. The lowest BCUT2D eigenvalue weighted by Crippen LogP contribution is -2.51. The van der Waals surface area contributed by atoms with Crippen molar-refractivity contribution in [1.82, 2.24) is 4.98 Å². The monoisotopic (exact) mass is 498 g/mol. The maximum Gasteiger partial charge on any atom is 0.255 e. The van der Waals surface area contributed by atoms with Crippen LogP contribution < -0.4 is 5.32 Å². The van der Waals surface area contributed by atoms with E-state index in [1.165, 1.54) is 16.7 Å². The maximum atomic E-state index is 13.2. The number of nitrogens with one attached hydrogen (secondary N) is 1. The molecule has 5 heteroatoms. The molecule has 5 nitrogen and oxygen atoms in total. The van der Waals surface area contributed by atoms with E-state index in [-0.39, 0.29) is 11.3 Å². The number of carbonyl (C=O) groups is 1. The van der Waals surface area contributed by atoms with Crippen LogP contribution in [0.5, 0.6) is 0 Å². The van der Waals surface area contributed by atoms with Gasteiger partial charge in [-0.25, -0.2) is 0 Å². The highest BCUT2D eigenvalue weighted by atomic mass is 16.5. The summed E-state index contributed by atoms with van der Waals surface area (Å²) in [6, 6.07) is 20.7. The quantitative estimate of drug-likeness (QED) is 0.417. The van der Waals surface area contributed by atoms with Gasteiger partial charge in [-0.1, -0.05) is 36.4 Å². The van der Waals surface area contributed by atoms with E-state index in [0.29, 0.717) is 24.7 Å². The van der Waals surface area contributed by atoms with Crippen molar-refractivity contribution in [3.8, 4) is 0 Å². The normalized spacial score (nSPS) is 25.0. The first kappa shape index (κ1) is 25.6. The van der Waals surface area contributed by atoms with Gasteiger partial charge in [0.15, 0.2) is 0 Å². The van der Waals surface area contributed by atoms with Gasteiger partial charge in [-0.05, 0) is 106 Å². The van der Waals surface area contributed by atoms with Gasteiger partial charge in [0.25, 0.3) is 5.91 Å². The van der Waals surface area contributed by atoms with Gasteiger partial charge in [-0.15, -0.1) is 0 Å². The van der Waals surface area contributed by atoms with Gasteiger partial charge in [-0.2, -0.15) is 0 Å². The summed E-state index contributed by atoms with van der Waals surface area (Å²) in [6.07, 6.45) is 8.10. The summed E-state index contributed by atoms with van der Waals surface area (Å²) >= 11 is 0. The summed E-state index contributed by atoms with van der Waals surface area (Å²) < 4.78 is 5.71. The molecule has 1 saturated carbocycles. The lowest BCUT2D eigenvalue weighted by molar-refractivity contribution is -0.0970. The molecule has 1 heterocycles. The van der Waals surface area contributed by atoms with Gasteiger partial charge >= 0.3 is 0 Å². The van der Waals surface area contributed by atoms with Gasteiger partial charge in [0.1, 0.15) is 0 Å². The summed E-state index contributed by atoms with van der Waals surface area (Å²) in [5.74, 6) is 0.248. The van der Waals surface area contributed by atoms with Gasteiger partial charge in [0.2, 0.25) is 0 Å². The topological polar surface area (TPSA) is 71.5 Å². The number of rotatable bonds is 7. The average Bonchev–Trinajstić information content (AvgIpc) is 3.05. The van der Waals surface area contributed by atoms with Crippen LogP contribution in [0.3, 0.4) is 0 Å². The number of fused-ring (bicyclic) bond motifs is 3. The van der Waals surface area contributed by atoms with Crippen molar-refractivity contribution in [1.29, 1.82) is 0 Å². The molecule has 0 aliphatic heterocycles. The van der Waals surface area contributed by atoms with Crippen LogP contribution in [0.2, 0.25) is 0 Å². The highest BCUT2D eigenvalue weighted by Crippen LogP contribution is 2.53. The lowest BCUT2D eigenvalue weighted by atomic mass is 9.56. The Balaban J connectivity index is 1.50. The Kier molecular flexibility index (Phi) is 7.45. The molecule has 1 amide bonds. The summed E-state index contributed by atoms with van der Waals surface area (Å²) in [6.45, 7) is 4.91. The standard InChI is InChI=1S/C32H38N2O3/c1-3-37-22-31(36)16-17-32(20-24-9-5-4-6-10-24)27(21-31)12-7-11-25-19-26(14-15-28(25)32)30(35)34-29-13-8-18-33-23(29)2/h4-6,8-10,13-15,18-19,27,36H,3,7,11-12,16-17,20-22H2,1-2H3,(H,34,35)/t27-,31+,32-/m0/s1.